The lowest BCUT2D eigenvalue weighted by atomic mass is 10.2. The summed E-state index contributed by atoms with van der Waals surface area (Å²) in [5.74, 6) is 0.710. The van der Waals surface area contributed by atoms with Crippen LogP contribution in [0, 0.1) is 17.1 Å². The first-order valence-electron chi connectivity index (χ1n) is 5.79. The fourth-order valence-corrected chi connectivity index (χ4v) is 2.12. The monoisotopic (exact) mass is 335 g/mol. The average Bonchev–Trinajstić information content (AvgIpc) is 2.46. The zero-order valence-electron chi connectivity index (χ0n) is 10.7. The van der Waals surface area contributed by atoms with Gasteiger partial charge in [-0.05, 0) is 24.3 Å². The van der Waals surface area contributed by atoms with E-state index in [1.165, 1.54) is 19.2 Å². The second-order valence-corrected chi connectivity index (χ2v) is 4.86. The Kier molecular flexibility index (Phi) is 4.59. The zero-order valence-corrected chi connectivity index (χ0v) is 12.3. The first-order chi connectivity index (χ1) is 9.63. The van der Waals surface area contributed by atoms with Crippen molar-refractivity contribution >= 4 is 15.9 Å². The van der Waals surface area contributed by atoms with Gasteiger partial charge in [0.15, 0.2) is 11.5 Å². The number of benzene rings is 2. The van der Waals surface area contributed by atoms with Crippen LogP contribution in [0.15, 0.2) is 40.9 Å². The predicted molar refractivity (Wildman–Crippen MR) is 76.1 cm³/mol. The van der Waals surface area contributed by atoms with Gasteiger partial charge in [-0.1, -0.05) is 22.0 Å². The normalized spacial score (nSPS) is 9.90. The van der Waals surface area contributed by atoms with Crippen molar-refractivity contribution in [2.45, 2.75) is 6.61 Å². The van der Waals surface area contributed by atoms with Crippen molar-refractivity contribution in [3.05, 3.63) is 57.8 Å². The lowest BCUT2D eigenvalue weighted by molar-refractivity contribution is 0.284. The third-order valence-corrected chi connectivity index (χ3v) is 3.43. The van der Waals surface area contributed by atoms with Crippen LogP contribution in [-0.4, -0.2) is 7.11 Å². The SMILES string of the molecule is COc1cc(C#N)ccc1OCc1ccc(F)cc1Br. The molecule has 0 aliphatic heterocycles. The molecule has 0 unspecified atom stereocenters. The number of rotatable bonds is 4. The first-order valence-corrected chi connectivity index (χ1v) is 6.58. The van der Waals surface area contributed by atoms with Crippen LogP contribution in [0.4, 0.5) is 4.39 Å². The number of hydrogen-bond donors (Lipinski definition) is 0. The van der Waals surface area contributed by atoms with E-state index in [0.29, 0.717) is 21.5 Å². The molecule has 0 atom stereocenters. The van der Waals surface area contributed by atoms with Gasteiger partial charge in [0.1, 0.15) is 12.4 Å². The molecule has 0 spiro atoms. The van der Waals surface area contributed by atoms with Crippen molar-refractivity contribution < 1.29 is 13.9 Å². The Morgan fingerprint density at radius 1 is 1.20 bits per heavy atom. The van der Waals surface area contributed by atoms with E-state index in [4.69, 9.17) is 14.7 Å². The van der Waals surface area contributed by atoms with Crippen LogP contribution in [0.2, 0.25) is 0 Å². The Balaban J connectivity index is 2.16. The van der Waals surface area contributed by atoms with E-state index >= 15 is 0 Å². The molecule has 0 aromatic heterocycles. The molecule has 102 valence electrons. The molecule has 0 amide bonds. The van der Waals surface area contributed by atoms with Crippen molar-refractivity contribution in [1.29, 1.82) is 5.26 Å². The predicted octanol–water partition coefficient (Wildman–Crippen LogP) is 4.05. The number of methoxy groups -OCH3 is 1. The van der Waals surface area contributed by atoms with Crippen molar-refractivity contribution in [2.75, 3.05) is 7.11 Å². The summed E-state index contributed by atoms with van der Waals surface area (Å²) in [6.07, 6.45) is 0. The van der Waals surface area contributed by atoms with Gasteiger partial charge >= 0.3 is 0 Å². The van der Waals surface area contributed by atoms with E-state index in [1.54, 1.807) is 24.3 Å². The first kappa shape index (κ1) is 14.4. The van der Waals surface area contributed by atoms with E-state index in [1.807, 2.05) is 6.07 Å². The van der Waals surface area contributed by atoms with Crippen LogP contribution in [0.25, 0.3) is 0 Å². The van der Waals surface area contributed by atoms with Gasteiger partial charge in [-0.15, -0.1) is 0 Å². The number of halogens is 2. The number of nitrogens with zero attached hydrogens (tertiary/aromatic N) is 1. The molecule has 0 aliphatic rings. The van der Waals surface area contributed by atoms with Gasteiger partial charge in [0, 0.05) is 16.1 Å². The average molecular weight is 336 g/mol. The molecule has 0 fully saturated rings. The summed E-state index contributed by atoms with van der Waals surface area (Å²) in [4.78, 5) is 0. The molecule has 2 aromatic carbocycles. The van der Waals surface area contributed by atoms with Gasteiger partial charge in [0.2, 0.25) is 0 Å². The lowest BCUT2D eigenvalue weighted by Gasteiger charge is -2.11. The minimum absolute atomic E-state index is 0.267. The van der Waals surface area contributed by atoms with Gasteiger partial charge < -0.3 is 9.47 Å². The number of ether oxygens (including phenoxy) is 2. The molecule has 0 radical (unpaired) electrons. The molecule has 0 saturated carbocycles. The molecular formula is C15H11BrFNO2. The highest BCUT2D eigenvalue weighted by molar-refractivity contribution is 9.10. The summed E-state index contributed by atoms with van der Waals surface area (Å²) in [6, 6.07) is 11.4. The van der Waals surface area contributed by atoms with Crippen LogP contribution in [-0.2, 0) is 6.61 Å². The second-order valence-electron chi connectivity index (χ2n) is 4.00. The molecule has 0 heterocycles. The van der Waals surface area contributed by atoms with Crippen molar-refractivity contribution in [3.8, 4) is 17.6 Å². The highest BCUT2D eigenvalue weighted by Gasteiger charge is 2.08. The minimum Gasteiger partial charge on any atom is -0.493 e. The maximum absolute atomic E-state index is 13.0. The molecule has 2 rings (SSSR count). The molecular weight excluding hydrogens is 325 g/mol. The maximum atomic E-state index is 13.0. The van der Waals surface area contributed by atoms with Crippen molar-refractivity contribution in [2.24, 2.45) is 0 Å². The van der Waals surface area contributed by atoms with Crippen LogP contribution >= 0.6 is 15.9 Å². The Morgan fingerprint density at radius 2 is 2.00 bits per heavy atom. The lowest BCUT2D eigenvalue weighted by Crippen LogP contribution is -1.99. The van der Waals surface area contributed by atoms with Crippen molar-refractivity contribution in [1.82, 2.24) is 0 Å². The van der Waals surface area contributed by atoms with Gasteiger partial charge in [0.05, 0.1) is 18.7 Å². The van der Waals surface area contributed by atoms with Crippen LogP contribution in [0.3, 0.4) is 0 Å². The van der Waals surface area contributed by atoms with Crippen LogP contribution in [0.1, 0.15) is 11.1 Å². The molecule has 3 nitrogen and oxygen atoms in total. The summed E-state index contributed by atoms with van der Waals surface area (Å²) >= 11 is 3.28. The van der Waals surface area contributed by atoms with Gasteiger partial charge in [-0.2, -0.15) is 5.26 Å². The summed E-state index contributed by atoms with van der Waals surface area (Å²) in [5.41, 5.74) is 1.31. The third-order valence-electron chi connectivity index (χ3n) is 2.69. The quantitative estimate of drug-likeness (QED) is 0.846. The summed E-state index contributed by atoms with van der Waals surface area (Å²) < 4.78 is 24.5. The summed E-state index contributed by atoms with van der Waals surface area (Å²) in [6.45, 7) is 0.267. The zero-order chi connectivity index (χ0) is 14.5. The molecule has 20 heavy (non-hydrogen) atoms. The fourth-order valence-electron chi connectivity index (χ4n) is 1.65. The number of hydrogen-bond acceptors (Lipinski definition) is 3. The Labute approximate surface area is 124 Å². The van der Waals surface area contributed by atoms with E-state index in [9.17, 15) is 4.39 Å². The summed E-state index contributed by atoms with van der Waals surface area (Å²) in [7, 11) is 1.51. The maximum Gasteiger partial charge on any atom is 0.162 e. The van der Waals surface area contributed by atoms with Crippen LogP contribution in [0.5, 0.6) is 11.5 Å². The minimum atomic E-state index is -0.309. The van der Waals surface area contributed by atoms with E-state index in [-0.39, 0.29) is 12.4 Å². The molecule has 0 bridgehead atoms. The smallest absolute Gasteiger partial charge is 0.162 e. The molecule has 0 N–H and O–H groups in total. The Hall–Kier alpha value is -2.06. The molecule has 0 saturated heterocycles. The highest BCUT2D eigenvalue weighted by Crippen LogP contribution is 2.29. The fraction of sp³-hybridized carbons (Fsp3) is 0.133. The number of nitriles is 1. The molecule has 5 heteroatoms. The van der Waals surface area contributed by atoms with Gasteiger partial charge in [-0.25, -0.2) is 4.39 Å². The van der Waals surface area contributed by atoms with Gasteiger partial charge in [-0.3, -0.25) is 0 Å². The van der Waals surface area contributed by atoms with Crippen LogP contribution < -0.4 is 9.47 Å². The second kappa shape index (κ2) is 6.40. The topological polar surface area (TPSA) is 42.2 Å². The van der Waals surface area contributed by atoms with Crippen molar-refractivity contribution in [3.63, 3.8) is 0 Å². The Bertz CT molecular complexity index is 667. The molecule has 0 aliphatic carbocycles. The summed E-state index contributed by atoms with van der Waals surface area (Å²) in [5, 5.41) is 8.83. The van der Waals surface area contributed by atoms with E-state index in [2.05, 4.69) is 15.9 Å². The largest absolute Gasteiger partial charge is 0.493 e. The standard InChI is InChI=1S/C15H11BrFNO2/c1-19-15-6-10(8-18)2-5-14(15)20-9-11-3-4-12(17)7-13(11)16/h2-7H,9H2,1H3. The van der Waals surface area contributed by atoms with E-state index in [0.717, 1.165) is 5.56 Å². The van der Waals surface area contributed by atoms with E-state index < -0.39 is 0 Å². The molecule has 2 aromatic rings. The highest BCUT2D eigenvalue weighted by atomic mass is 79.9. The third kappa shape index (κ3) is 3.28. The van der Waals surface area contributed by atoms with Gasteiger partial charge in [0.25, 0.3) is 0 Å². The Morgan fingerprint density at radius 3 is 2.65 bits per heavy atom.